The molecule has 0 aliphatic carbocycles. The van der Waals surface area contributed by atoms with Gasteiger partial charge in [0.05, 0.1) is 107 Å². The maximum atomic E-state index is 16.6. The van der Waals surface area contributed by atoms with Crippen LogP contribution in [0.1, 0.15) is 64.1 Å². The summed E-state index contributed by atoms with van der Waals surface area (Å²) in [5, 5.41) is 22.1. The van der Waals surface area contributed by atoms with Crippen LogP contribution in [0.2, 0.25) is 0 Å². The smallest absolute Gasteiger partial charge is 0.397 e. The first kappa shape index (κ1) is 93.0. The Bertz CT molecular complexity index is 7090. The maximum absolute atomic E-state index is 16.6. The number of aliphatic hydroxyl groups excluding tert-OH is 2. The minimum Gasteiger partial charge on any atom is -0.397 e. The number of nitrogens with zero attached hydrogens (tertiary/aromatic N) is 18. The van der Waals surface area contributed by atoms with Crippen molar-refractivity contribution in [2.24, 2.45) is 5.92 Å². The molecule has 62 nitrogen and oxygen atoms in total. The molecule has 720 valence electrons. The number of imidazole rings is 6. The van der Waals surface area contributed by atoms with Crippen LogP contribution in [0.15, 0.2) is 89.1 Å². The number of nitrogen functional groups attached to an aromatic ring is 6. The molecular weight excluding hydrogens is 1920 g/mol. The van der Waals surface area contributed by atoms with Crippen molar-refractivity contribution in [3.05, 3.63) is 106 Å². The summed E-state index contributed by atoms with van der Waals surface area (Å²) in [5.74, 6) is -1.34. The molecule has 10 unspecified atom stereocenters. The average molecular weight is 2000 g/mol. The lowest BCUT2D eigenvalue weighted by atomic mass is 9.98. The fraction of sp³-hybridized carbons (Fsp3) is 0.492. The molecule has 9 fully saturated rings. The molecule has 12 aromatic rings. The molecule has 9 saturated heterocycles. The van der Waals surface area contributed by atoms with Crippen LogP contribution in [0.25, 0.3) is 67.0 Å². The van der Waals surface area contributed by atoms with E-state index >= 15 is 4.39 Å². The van der Waals surface area contributed by atoms with Gasteiger partial charge in [0.2, 0.25) is 17.8 Å². The Morgan fingerprint density at radius 2 is 0.709 bits per heavy atom. The van der Waals surface area contributed by atoms with Crippen LogP contribution < -0.4 is 51.1 Å². The molecule has 28 atom stereocenters. The molecule has 12 aromatic heterocycles. The molecule has 134 heavy (non-hydrogen) atoms. The Morgan fingerprint density at radius 3 is 1.16 bits per heavy atom. The van der Waals surface area contributed by atoms with E-state index in [0.717, 1.165) is 17.8 Å². The molecule has 9 aliphatic heterocycles. The number of fused-ring (bicyclic) bond motifs is 15. The number of H-pyrrole nitrogens is 3. The molecule has 0 aromatic carbocycles. The van der Waals surface area contributed by atoms with Gasteiger partial charge in [-0.25, -0.2) is 76.6 Å². The van der Waals surface area contributed by atoms with Crippen LogP contribution in [-0.2, 0) is 110 Å². The lowest BCUT2D eigenvalue weighted by molar-refractivity contribution is -0.0674. The van der Waals surface area contributed by atoms with Gasteiger partial charge < -0.3 is 102 Å². The first-order valence-electron chi connectivity index (χ1n) is 39.7. The standard InChI is InChI=1S/C22H26FN9O11P2.C22H27N9O11P2.C21H25N9O13P2/c1-22(23)15-12(41-20(22)32-8-27-13-10(24)2-3-26-16(13)32)6-39-44(34,35)42-11-4-9(5-38-45(36,37)43-15)40-19(11)31-7-28-14-17(31)29-21(25)30-18(14)33;1-9-16-13(40-20(9)30-7-26-14-11(23)2-3-25-17(14)30)6-38-43(33,34)41-12-4-10(5-37-44(35,36)42-16)39-21(12)31-8-27-15-18(31)28-22(24)29-19(15)32;22-7-1-2-24-16-10(7)25-5-29(16)19-13(32)14-9(41-19)4-39-45(36,37)43-15-12(31)8(3-38-44(34,35)42-14)40-20(15)30-6-26-11-17(30)27-21(23)28-18(11)33/h2-3,7-9,11-12,15,19-20H,4-6H2,1H3,(H2,24,26)(H,34,35)(H,36,37)(H3,25,29,30,33);2-3,7-10,12-13,16,20-21H,4-6H2,1H3,(H2,23,25)(H,33,34)(H,35,36)(H3,24,28,29,32);1-2,5-6,8-9,12-15,19-20,31-32H,3-4H2,(H2,22,24)(H,34,35)(H,36,37)(H3,23,27,28,33)/t9-,11+,12+,15+,19?,20?,22-;9-,10+,12-,13-,16+,20-,21-;8?,9?,12-,13-,14-,15-,19-,20-/m011/s1. The molecular formula is C65H78FN27O35P6. The van der Waals surface area contributed by atoms with Gasteiger partial charge in [-0.3, -0.25) is 111 Å². The van der Waals surface area contributed by atoms with E-state index in [1.807, 2.05) is 0 Å². The minimum atomic E-state index is -5.11. The fourth-order valence-electron chi connectivity index (χ4n) is 16.7. The number of aromatic amines is 3. The summed E-state index contributed by atoms with van der Waals surface area (Å²) in [4.78, 5) is 157. The van der Waals surface area contributed by atoms with Crippen molar-refractivity contribution in [2.45, 2.75) is 155 Å². The Hall–Kier alpha value is -10.0. The highest BCUT2D eigenvalue weighted by Crippen LogP contribution is 2.60. The highest BCUT2D eigenvalue weighted by atomic mass is 31.2. The zero-order valence-corrected chi connectivity index (χ0v) is 73.8. The lowest BCUT2D eigenvalue weighted by Gasteiger charge is -2.29. The third-order valence-corrected chi connectivity index (χ3v) is 28.6. The summed E-state index contributed by atoms with van der Waals surface area (Å²) in [6.07, 6.45) is -16.0. The van der Waals surface area contributed by atoms with Gasteiger partial charge in [-0.05, 0) is 25.1 Å². The predicted octanol–water partition coefficient (Wildman–Crippen LogP) is -0.509. The molecule has 21 rings (SSSR count). The zero-order valence-electron chi connectivity index (χ0n) is 68.4. The van der Waals surface area contributed by atoms with Crippen molar-refractivity contribution >= 4 is 149 Å². The molecule has 6 bridgehead atoms. The number of hydrogen-bond acceptors (Lipinski definition) is 47. The van der Waals surface area contributed by atoms with Gasteiger partial charge >= 0.3 is 46.9 Å². The summed E-state index contributed by atoms with van der Waals surface area (Å²) < 4.78 is 203. The number of pyridine rings is 3. The van der Waals surface area contributed by atoms with Gasteiger partial charge in [0.1, 0.15) is 96.0 Å². The Kier molecular flexibility index (Phi) is 24.2. The van der Waals surface area contributed by atoms with Gasteiger partial charge in [-0.1, -0.05) is 6.92 Å². The first-order chi connectivity index (χ1) is 63.4. The van der Waals surface area contributed by atoms with E-state index < -0.39 is 238 Å². The first-order valence-corrected chi connectivity index (χ1v) is 48.7. The van der Waals surface area contributed by atoms with Crippen molar-refractivity contribution in [3.63, 3.8) is 0 Å². The van der Waals surface area contributed by atoms with Gasteiger partial charge in [0, 0.05) is 37.4 Å². The van der Waals surface area contributed by atoms with E-state index in [4.69, 9.17) is 117 Å². The quantitative estimate of drug-likeness (QED) is 0.0932. The number of aliphatic hydroxyl groups is 2. The number of phosphoric ester groups is 6. The summed E-state index contributed by atoms with van der Waals surface area (Å²) in [5.41, 5.74) is 32.6. The number of aromatic nitrogens is 21. The monoisotopic (exact) mass is 2000 g/mol. The number of alkyl halides is 1. The highest BCUT2D eigenvalue weighted by Gasteiger charge is 2.61. The molecule has 23 N–H and O–H groups in total. The van der Waals surface area contributed by atoms with Crippen LogP contribution in [0, 0.1) is 5.92 Å². The second kappa shape index (κ2) is 34.9. The van der Waals surface area contributed by atoms with Gasteiger partial charge in [0.15, 0.2) is 87.2 Å². The number of nitrogens with one attached hydrogen (secondary N) is 3. The zero-order chi connectivity index (χ0) is 94.7. The second-order valence-electron chi connectivity index (χ2n) is 31.6. The van der Waals surface area contributed by atoms with Crippen molar-refractivity contribution in [1.29, 1.82) is 0 Å². The van der Waals surface area contributed by atoms with Gasteiger partial charge in [0.25, 0.3) is 16.7 Å². The molecule has 9 aliphatic rings. The summed E-state index contributed by atoms with van der Waals surface area (Å²) in [6.45, 7) is -1.36. The third-order valence-electron chi connectivity index (χ3n) is 22.7. The molecule has 0 amide bonds. The number of rotatable bonds is 6. The van der Waals surface area contributed by atoms with Crippen LogP contribution in [-0.4, -0.2) is 273 Å². The van der Waals surface area contributed by atoms with Gasteiger partial charge in [-0.2, -0.15) is 15.0 Å². The lowest BCUT2D eigenvalue weighted by Crippen LogP contribution is -2.42. The predicted molar refractivity (Wildman–Crippen MR) is 441 cm³/mol. The second-order valence-corrected chi connectivity index (χ2v) is 40.0. The van der Waals surface area contributed by atoms with Crippen molar-refractivity contribution < 1.29 is 154 Å². The van der Waals surface area contributed by atoms with Crippen LogP contribution in [0.3, 0.4) is 0 Å². The van der Waals surface area contributed by atoms with Gasteiger partial charge in [-0.15, -0.1) is 0 Å². The summed E-state index contributed by atoms with van der Waals surface area (Å²) in [6, 6.07) is 4.60. The number of nitrogens with two attached hydrogens (primary N) is 6. The normalized spacial score (nSPS) is 37.3. The van der Waals surface area contributed by atoms with E-state index in [-0.39, 0.29) is 97.9 Å². The van der Waals surface area contributed by atoms with E-state index in [1.165, 1.54) is 80.6 Å². The Labute approximate surface area is 743 Å². The van der Waals surface area contributed by atoms with E-state index in [2.05, 4.69) is 74.8 Å². The number of halogens is 1. The maximum Gasteiger partial charge on any atom is 0.472 e. The molecule has 69 heteroatoms. The minimum absolute atomic E-state index is 0.0166. The largest absolute Gasteiger partial charge is 0.472 e. The number of hydrogen-bond donors (Lipinski definition) is 17. The highest BCUT2D eigenvalue weighted by molar-refractivity contribution is 7.48. The molecule has 0 spiro atoms. The SMILES string of the molecule is C[C@@H]1[C@@H]2OP(=O)(O)OC[C@@H]3C[C@@H](OP(=O)(O)OC[C@H]2O[C@H]1n1cnc2c(N)ccnc21)[C@H](n1cnc2c(=O)[nH]c(N)nc21)O3.C[C@@]1(F)C(n2cnc3c(N)ccnc32)O[C@@H]2COP(=O)(O)O[C@@H]3C[C@@H](COP(=O)(O)O[C@H]21)OC3n1cnc2c(=O)[nH]c(N)nc21.Nc1nc2c(ncn2[C@@H]2OC3COP(=O)(O)O[C@@H]4C(COP(=O)(O)O[C@@H]2[C@@H]3O)O[C@@H](n2cnc3c(N)ccnc32)[C@@H]4O)c(=O)[nH]1. The van der Waals surface area contributed by atoms with Crippen molar-refractivity contribution in [3.8, 4) is 0 Å². The number of phosphoric acid groups is 6. The number of ether oxygens (including phenoxy) is 6. The Morgan fingerprint density at radius 1 is 0.373 bits per heavy atom. The van der Waals surface area contributed by atoms with E-state index in [1.54, 1.807) is 17.6 Å². The topological polar surface area (TPSA) is 869 Å². The molecule has 21 heterocycles. The summed E-state index contributed by atoms with van der Waals surface area (Å²) in [7, 11) is -29.8. The third kappa shape index (κ3) is 17.9. The molecule has 0 saturated carbocycles. The van der Waals surface area contributed by atoms with Crippen LogP contribution >= 0.6 is 46.9 Å². The van der Waals surface area contributed by atoms with Crippen LogP contribution in [0.4, 0.5) is 39.3 Å². The fourth-order valence-corrected chi connectivity index (χ4v) is 22.5. The van der Waals surface area contributed by atoms with E-state index in [9.17, 15) is 81.3 Å². The Balaban J connectivity index is 0.000000129. The number of anilines is 6. The van der Waals surface area contributed by atoms with Crippen molar-refractivity contribution in [2.75, 3.05) is 74.0 Å². The van der Waals surface area contributed by atoms with Crippen molar-refractivity contribution in [1.82, 2.24) is 102 Å². The van der Waals surface area contributed by atoms with Crippen LogP contribution in [0.5, 0.6) is 0 Å². The summed E-state index contributed by atoms with van der Waals surface area (Å²) >= 11 is 0. The molecule has 0 radical (unpaired) electrons. The van der Waals surface area contributed by atoms with E-state index in [0.29, 0.717) is 16.9 Å². The average Bonchev–Trinajstić information content (AvgIpc) is 1.58.